The largest absolute Gasteiger partial charge is 0.418 e. The van der Waals surface area contributed by atoms with Gasteiger partial charge in [-0.2, -0.15) is 13.2 Å². The normalized spacial score (nSPS) is 22.5. The van der Waals surface area contributed by atoms with Crippen LogP contribution in [0.3, 0.4) is 0 Å². The highest BCUT2D eigenvalue weighted by Crippen LogP contribution is 2.61. The number of carbonyl (C=O) groups excluding carboxylic acids is 3. The molecule has 4 aromatic carbocycles. The highest BCUT2D eigenvalue weighted by atomic mass is 19.4. The molecule has 4 aromatic rings. The molecule has 1 saturated heterocycles. The third-order valence-electron chi connectivity index (χ3n) is 8.32. The van der Waals surface area contributed by atoms with Crippen LogP contribution in [0.1, 0.15) is 50.0 Å². The van der Waals surface area contributed by atoms with Gasteiger partial charge in [0.1, 0.15) is 0 Å². The number of imide groups is 1. The average molecular weight is 539 g/mol. The van der Waals surface area contributed by atoms with E-state index >= 15 is 0 Å². The smallest absolute Gasteiger partial charge is 0.321 e. The Labute approximate surface area is 227 Å². The van der Waals surface area contributed by atoms with Gasteiger partial charge in [-0.05, 0) is 58.7 Å². The molecule has 2 bridgehead atoms. The van der Waals surface area contributed by atoms with Crippen molar-refractivity contribution in [2.75, 3.05) is 10.2 Å². The minimum Gasteiger partial charge on any atom is -0.321 e. The molecular formula is C32H21F3N2O3. The lowest BCUT2D eigenvalue weighted by atomic mass is 9.55. The molecule has 0 unspecified atom stereocenters. The first-order valence-corrected chi connectivity index (χ1v) is 12.9. The minimum atomic E-state index is -4.63. The zero-order valence-electron chi connectivity index (χ0n) is 20.9. The number of halogens is 3. The van der Waals surface area contributed by atoms with Gasteiger partial charge in [-0.1, -0.05) is 60.7 Å². The molecule has 5 nitrogen and oxygen atoms in total. The Bertz CT molecular complexity index is 1600. The molecule has 3 aliphatic carbocycles. The summed E-state index contributed by atoms with van der Waals surface area (Å²) in [6.45, 7) is 0. The molecule has 1 heterocycles. The zero-order valence-corrected chi connectivity index (χ0v) is 20.9. The monoisotopic (exact) mass is 538 g/mol. The van der Waals surface area contributed by atoms with E-state index in [-0.39, 0.29) is 34.9 Å². The van der Waals surface area contributed by atoms with Crippen molar-refractivity contribution >= 4 is 29.1 Å². The van der Waals surface area contributed by atoms with Crippen LogP contribution < -0.4 is 10.2 Å². The van der Waals surface area contributed by atoms with E-state index in [0.717, 1.165) is 28.3 Å². The van der Waals surface area contributed by atoms with Crippen LogP contribution in [0, 0.1) is 11.8 Å². The van der Waals surface area contributed by atoms with Gasteiger partial charge >= 0.3 is 6.18 Å². The molecule has 1 fully saturated rings. The lowest BCUT2D eigenvalue weighted by molar-refractivity contribution is -0.137. The number of hydrogen-bond donors (Lipinski definition) is 1. The second-order valence-corrected chi connectivity index (χ2v) is 10.3. The molecule has 0 saturated carbocycles. The van der Waals surface area contributed by atoms with Crippen molar-refractivity contribution in [3.05, 3.63) is 130 Å². The number of hydrogen-bond acceptors (Lipinski definition) is 3. The van der Waals surface area contributed by atoms with Gasteiger partial charge in [-0.3, -0.25) is 14.4 Å². The maximum atomic E-state index is 13.9. The van der Waals surface area contributed by atoms with Crippen LogP contribution in [-0.2, 0) is 15.8 Å². The van der Waals surface area contributed by atoms with Gasteiger partial charge in [0, 0.05) is 17.4 Å². The number of amides is 3. The molecule has 8 rings (SSSR count). The summed E-state index contributed by atoms with van der Waals surface area (Å²) in [7, 11) is 0. The minimum absolute atomic E-state index is 0.0946. The summed E-state index contributed by atoms with van der Waals surface area (Å²) < 4.78 is 40.0. The number of para-hydroxylation sites is 1. The Morgan fingerprint density at radius 1 is 0.650 bits per heavy atom. The highest BCUT2D eigenvalue weighted by Gasteiger charge is 2.61. The Morgan fingerprint density at radius 2 is 1.10 bits per heavy atom. The second kappa shape index (κ2) is 8.64. The number of alkyl halides is 3. The fourth-order valence-corrected chi connectivity index (χ4v) is 6.73. The van der Waals surface area contributed by atoms with Crippen LogP contribution in [0.4, 0.5) is 24.5 Å². The number of anilines is 2. The van der Waals surface area contributed by atoms with Crippen molar-refractivity contribution in [1.29, 1.82) is 0 Å². The van der Waals surface area contributed by atoms with E-state index in [1.54, 1.807) is 0 Å². The Hall–Kier alpha value is -4.72. The first kappa shape index (κ1) is 24.3. The zero-order chi connectivity index (χ0) is 27.8. The molecule has 1 N–H and O–H groups in total. The fourth-order valence-electron chi connectivity index (χ4n) is 6.73. The third kappa shape index (κ3) is 3.45. The van der Waals surface area contributed by atoms with Gasteiger partial charge in [-0.25, -0.2) is 4.90 Å². The van der Waals surface area contributed by atoms with E-state index in [9.17, 15) is 27.6 Å². The predicted octanol–water partition coefficient (Wildman–Crippen LogP) is 6.35. The molecule has 3 amide bonds. The summed E-state index contributed by atoms with van der Waals surface area (Å²) in [4.78, 5) is 41.7. The van der Waals surface area contributed by atoms with Crippen molar-refractivity contribution in [3.8, 4) is 0 Å². The highest BCUT2D eigenvalue weighted by molar-refractivity contribution is 6.23. The van der Waals surface area contributed by atoms with E-state index in [0.29, 0.717) is 5.69 Å². The number of nitrogens with one attached hydrogen (secondary N) is 1. The molecule has 40 heavy (non-hydrogen) atoms. The lowest BCUT2D eigenvalue weighted by Crippen LogP contribution is -2.41. The van der Waals surface area contributed by atoms with Gasteiger partial charge in [0.2, 0.25) is 11.8 Å². The standard InChI is InChI=1S/C32H21F3N2O3/c33-32(34,35)23-11-5-6-12-24(23)36-29(38)17-13-15-18(16-14-17)37-30(39)27-25-19-7-1-2-8-20(19)26(28(27)31(37)40)22-10-4-3-9-21(22)25/h1-16,25-28H,(H,36,38)/t25?,26?,27-,28-/m1/s1. The lowest BCUT2D eigenvalue weighted by Gasteiger charge is -2.45. The molecule has 0 radical (unpaired) electrons. The Morgan fingerprint density at radius 3 is 1.57 bits per heavy atom. The number of rotatable bonds is 3. The molecule has 4 aliphatic rings. The van der Waals surface area contributed by atoms with Crippen LogP contribution in [0.5, 0.6) is 0 Å². The van der Waals surface area contributed by atoms with Crippen LogP contribution in [0.25, 0.3) is 0 Å². The molecule has 0 aromatic heterocycles. The van der Waals surface area contributed by atoms with Gasteiger partial charge < -0.3 is 5.32 Å². The Kier molecular flexibility index (Phi) is 5.26. The summed E-state index contributed by atoms with van der Waals surface area (Å²) >= 11 is 0. The number of benzene rings is 4. The summed E-state index contributed by atoms with van der Waals surface area (Å²) in [6, 6.07) is 26.4. The van der Waals surface area contributed by atoms with Crippen LogP contribution in [0.15, 0.2) is 97.1 Å². The van der Waals surface area contributed by atoms with E-state index in [4.69, 9.17) is 0 Å². The van der Waals surface area contributed by atoms with E-state index < -0.39 is 29.5 Å². The van der Waals surface area contributed by atoms with Crippen LogP contribution in [0.2, 0.25) is 0 Å². The topological polar surface area (TPSA) is 66.5 Å². The van der Waals surface area contributed by atoms with Gasteiger partial charge in [0.25, 0.3) is 5.91 Å². The van der Waals surface area contributed by atoms with Crippen molar-refractivity contribution in [1.82, 2.24) is 0 Å². The molecule has 2 atom stereocenters. The SMILES string of the molecule is O=C(Nc1ccccc1C(F)(F)F)c1ccc(N2C(=O)[C@@H]3C4c5ccccc5C(c5ccccc54)[C@H]3C2=O)cc1. The van der Waals surface area contributed by atoms with Gasteiger partial charge in [0.05, 0.1) is 28.8 Å². The fraction of sp³-hybridized carbons (Fsp3) is 0.156. The van der Waals surface area contributed by atoms with Gasteiger partial charge in [-0.15, -0.1) is 0 Å². The Balaban J connectivity index is 1.20. The molecule has 1 aliphatic heterocycles. The summed E-state index contributed by atoms with van der Waals surface area (Å²) in [5.41, 5.74) is 3.40. The summed E-state index contributed by atoms with van der Waals surface area (Å²) in [6.07, 6.45) is -4.63. The van der Waals surface area contributed by atoms with Crippen LogP contribution >= 0.6 is 0 Å². The second-order valence-electron chi connectivity index (χ2n) is 10.3. The van der Waals surface area contributed by atoms with E-state index in [1.165, 1.54) is 47.4 Å². The number of nitrogens with zero attached hydrogens (tertiary/aromatic N) is 1. The number of carbonyl (C=O) groups is 3. The van der Waals surface area contributed by atoms with Crippen molar-refractivity contribution in [2.24, 2.45) is 11.8 Å². The summed E-state index contributed by atoms with van der Waals surface area (Å²) in [5.74, 6) is -2.85. The van der Waals surface area contributed by atoms with Crippen molar-refractivity contribution in [3.63, 3.8) is 0 Å². The van der Waals surface area contributed by atoms with Gasteiger partial charge in [0.15, 0.2) is 0 Å². The summed E-state index contributed by atoms with van der Waals surface area (Å²) in [5, 5.41) is 2.31. The van der Waals surface area contributed by atoms with Crippen LogP contribution in [-0.4, -0.2) is 17.7 Å². The van der Waals surface area contributed by atoms with E-state index in [1.807, 2.05) is 48.5 Å². The maximum absolute atomic E-state index is 13.9. The predicted molar refractivity (Wildman–Crippen MR) is 142 cm³/mol. The quantitative estimate of drug-likeness (QED) is 0.309. The molecule has 8 heteroatoms. The first-order valence-electron chi connectivity index (χ1n) is 12.9. The van der Waals surface area contributed by atoms with Crippen molar-refractivity contribution in [2.45, 2.75) is 18.0 Å². The molecular weight excluding hydrogens is 517 g/mol. The van der Waals surface area contributed by atoms with E-state index in [2.05, 4.69) is 5.32 Å². The third-order valence-corrected chi connectivity index (χ3v) is 8.32. The first-order chi connectivity index (χ1) is 19.3. The average Bonchev–Trinajstić information content (AvgIpc) is 3.23. The molecule has 0 spiro atoms. The maximum Gasteiger partial charge on any atom is 0.418 e. The van der Waals surface area contributed by atoms with Crippen molar-refractivity contribution < 1.29 is 27.6 Å². The molecule has 198 valence electrons.